The van der Waals surface area contributed by atoms with Gasteiger partial charge in [-0.1, -0.05) is 12.1 Å². The van der Waals surface area contributed by atoms with Crippen molar-refractivity contribution in [2.45, 2.75) is 6.92 Å². The summed E-state index contributed by atoms with van der Waals surface area (Å²) in [7, 11) is 1.61. The van der Waals surface area contributed by atoms with E-state index in [0.717, 1.165) is 23.0 Å². The van der Waals surface area contributed by atoms with Gasteiger partial charge in [-0.2, -0.15) is 0 Å². The highest BCUT2D eigenvalue weighted by Gasteiger charge is 2.05. The number of aromatic nitrogens is 1. The van der Waals surface area contributed by atoms with Gasteiger partial charge in [-0.3, -0.25) is 9.78 Å². The highest BCUT2D eigenvalue weighted by Crippen LogP contribution is 2.26. The van der Waals surface area contributed by atoms with Crippen LogP contribution in [0.1, 0.15) is 15.9 Å². The summed E-state index contributed by atoms with van der Waals surface area (Å²) in [6.07, 6.45) is 4.26. The first-order valence-electron chi connectivity index (χ1n) is 5.30. The number of carbonyl (C=O) groups excluding carboxylic acids is 1. The molecule has 0 aliphatic rings. The summed E-state index contributed by atoms with van der Waals surface area (Å²) in [5, 5.41) is 0. The first-order valence-corrected chi connectivity index (χ1v) is 5.30. The standard InChI is InChI=1S/C14H13NO2/c1-10-3-4-11(9-16)5-14(10)12-6-13(17-2)8-15-7-12/h3-9H,1-2H3. The maximum absolute atomic E-state index is 10.8. The van der Waals surface area contributed by atoms with E-state index in [4.69, 9.17) is 4.74 Å². The predicted molar refractivity (Wildman–Crippen MR) is 66.3 cm³/mol. The third kappa shape index (κ3) is 2.33. The average Bonchev–Trinajstić information content (AvgIpc) is 2.39. The Kier molecular flexibility index (Phi) is 3.19. The molecular formula is C14H13NO2. The minimum absolute atomic E-state index is 0.661. The Balaban J connectivity index is 2.54. The van der Waals surface area contributed by atoms with Gasteiger partial charge in [0.05, 0.1) is 13.3 Å². The minimum Gasteiger partial charge on any atom is -0.495 e. The minimum atomic E-state index is 0.661. The lowest BCUT2D eigenvalue weighted by Gasteiger charge is -2.07. The van der Waals surface area contributed by atoms with E-state index in [1.54, 1.807) is 25.6 Å². The van der Waals surface area contributed by atoms with Crippen molar-refractivity contribution in [3.05, 3.63) is 47.8 Å². The first kappa shape index (κ1) is 11.3. The van der Waals surface area contributed by atoms with Crippen LogP contribution in [-0.4, -0.2) is 18.4 Å². The number of methoxy groups -OCH3 is 1. The predicted octanol–water partition coefficient (Wildman–Crippen LogP) is 2.88. The molecule has 0 bridgehead atoms. The van der Waals surface area contributed by atoms with Gasteiger partial charge >= 0.3 is 0 Å². The van der Waals surface area contributed by atoms with Gasteiger partial charge in [-0.15, -0.1) is 0 Å². The molecule has 0 saturated heterocycles. The third-order valence-electron chi connectivity index (χ3n) is 2.66. The van der Waals surface area contributed by atoms with Crippen molar-refractivity contribution in [1.82, 2.24) is 4.98 Å². The van der Waals surface area contributed by atoms with Crippen LogP contribution in [0, 0.1) is 6.92 Å². The second kappa shape index (κ2) is 4.78. The van der Waals surface area contributed by atoms with Crippen LogP contribution in [0.2, 0.25) is 0 Å². The zero-order valence-electron chi connectivity index (χ0n) is 9.81. The smallest absolute Gasteiger partial charge is 0.150 e. The summed E-state index contributed by atoms with van der Waals surface area (Å²) in [6.45, 7) is 2.00. The molecule has 1 heterocycles. The molecule has 0 aliphatic heterocycles. The van der Waals surface area contributed by atoms with Crippen LogP contribution in [-0.2, 0) is 0 Å². The number of nitrogens with zero attached hydrogens (tertiary/aromatic N) is 1. The molecule has 3 heteroatoms. The number of hydrogen-bond acceptors (Lipinski definition) is 3. The number of hydrogen-bond donors (Lipinski definition) is 0. The summed E-state index contributed by atoms with van der Waals surface area (Å²) >= 11 is 0. The molecule has 0 saturated carbocycles. The number of aldehydes is 1. The monoisotopic (exact) mass is 227 g/mol. The molecule has 0 fully saturated rings. The number of benzene rings is 1. The van der Waals surface area contributed by atoms with E-state index in [9.17, 15) is 4.79 Å². The fourth-order valence-corrected chi connectivity index (χ4v) is 1.70. The normalized spacial score (nSPS) is 10.0. The van der Waals surface area contributed by atoms with Crippen LogP contribution in [0.25, 0.3) is 11.1 Å². The molecule has 0 atom stereocenters. The molecule has 1 aromatic carbocycles. The Morgan fingerprint density at radius 2 is 2.06 bits per heavy atom. The van der Waals surface area contributed by atoms with Crippen LogP contribution in [0.15, 0.2) is 36.7 Å². The largest absolute Gasteiger partial charge is 0.495 e. The van der Waals surface area contributed by atoms with Gasteiger partial charge in [0.15, 0.2) is 0 Å². The van der Waals surface area contributed by atoms with Crippen molar-refractivity contribution in [2.24, 2.45) is 0 Å². The number of rotatable bonds is 3. The Morgan fingerprint density at radius 3 is 2.76 bits per heavy atom. The molecule has 0 unspecified atom stereocenters. The average molecular weight is 227 g/mol. The van der Waals surface area contributed by atoms with Crippen LogP contribution in [0.5, 0.6) is 5.75 Å². The van der Waals surface area contributed by atoms with Crippen LogP contribution in [0.4, 0.5) is 0 Å². The van der Waals surface area contributed by atoms with Crippen LogP contribution >= 0.6 is 0 Å². The SMILES string of the molecule is COc1cncc(-c2cc(C=O)ccc2C)c1. The van der Waals surface area contributed by atoms with Gasteiger partial charge in [-0.25, -0.2) is 0 Å². The Hall–Kier alpha value is -2.16. The van der Waals surface area contributed by atoms with Crippen molar-refractivity contribution >= 4 is 6.29 Å². The first-order chi connectivity index (χ1) is 8.24. The molecular weight excluding hydrogens is 214 g/mol. The molecule has 3 nitrogen and oxygen atoms in total. The molecule has 0 N–H and O–H groups in total. The van der Waals surface area contributed by atoms with E-state index >= 15 is 0 Å². The number of carbonyl (C=O) groups is 1. The fourth-order valence-electron chi connectivity index (χ4n) is 1.70. The van der Waals surface area contributed by atoms with Gasteiger partial charge in [0, 0.05) is 17.3 Å². The lowest BCUT2D eigenvalue weighted by atomic mass is 10.00. The second-order valence-electron chi connectivity index (χ2n) is 3.81. The van der Waals surface area contributed by atoms with E-state index in [-0.39, 0.29) is 0 Å². The summed E-state index contributed by atoms with van der Waals surface area (Å²) in [5.74, 6) is 0.707. The molecule has 0 radical (unpaired) electrons. The summed E-state index contributed by atoms with van der Waals surface area (Å²) < 4.78 is 5.14. The highest BCUT2D eigenvalue weighted by molar-refractivity contribution is 5.80. The number of aryl methyl sites for hydroxylation is 1. The number of pyridine rings is 1. The lowest BCUT2D eigenvalue weighted by molar-refractivity contribution is 0.112. The molecule has 2 aromatic rings. The molecule has 0 spiro atoms. The molecule has 86 valence electrons. The molecule has 2 rings (SSSR count). The third-order valence-corrected chi connectivity index (χ3v) is 2.66. The summed E-state index contributed by atoms with van der Waals surface area (Å²) in [5.41, 5.74) is 3.71. The van der Waals surface area contributed by atoms with Crippen molar-refractivity contribution < 1.29 is 9.53 Å². The fraction of sp³-hybridized carbons (Fsp3) is 0.143. The topological polar surface area (TPSA) is 39.2 Å². The van der Waals surface area contributed by atoms with E-state index in [2.05, 4.69) is 4.98 Å². The Bertz CT molecular complexity index is 550. The summed E-state index contributed by atoms with van der Waals surface area (Å²) in [4.78, 5) is 14.9. The van der Waals surface area contributed by atoms with Gasteiger partial charge in [0.1, 0.15) is 12.0 Å². The van der Waals surface area contributed by atoms with Crippen molar-refractivity contribution in [3.63, 3.8) is 0 Å². The summed E-state index contributed by atoms with van der Waals surface area (Å²) in [6, 6.07) is 7.50. The van der Waals surface area contributed by atoms with Gasteiger partial charge in [0.25, 0.3) is 0 Å². The van der Waals surface area contributed by atoms with Crippen molar-refractivity contribution in [1.29, 1.82) is 0 Å². The zero-order valence-corrected chi connectivity index (χ0v) is 9.81. The zero-order chi connectivity index (χ0) is 12.3. The number of ether oxygens (including phenoxy) is 1. The highest BCUT2D eigenvalue weighted by atomic mass is 16.5. The Labute approximate surface area is 100 Å². The maximum atomic E-state index is 10.8. The second-order valence-corrected chi connectivity index (χ2v) is 3.81. The quantitative estimate of drug-likeness (QED) is 0.757. The van der Waals surface area contributed by atoms with E-state index in [1.165, 1.54) is 0 Å². The lowest BCUT2D eigenvalue weighted by Crippen LogP contribution is -1.90. The maximum Gasteiger partial charge on any atom is 0.150 e. The van der Waals surface area contributed by atoms with Gasteiger partial charge < -0.3 is 4.74 Å². The van der Waals surface area contributed by atoms with Gasteiger partial charge in [0.2, 0.25) is 0 Å². The molecule has 0 aliphatic carbocycles. The van der Waals surface area contributed by atoms with Gasteiger partial charge in [-0.05, 0) is 30.2 Å². The molecule has 17 heavy (non-hydrogen) atoms. The van der Waals surface area contributed by atoms with E-state index in [0.29, 0.717) is 11.3 Å². The van der Waals surface area contributed by atoms with Crippen LogP contribution < -0.4 is 4.74 Å². The van der Waals surface area contributed by atoms with E-state index < -0.39 is 0 Å². The molecule has 1 aromatic heterocycles. The van der Waals surface area contributed by atoms with E-state index in [1.807, 2.05) is 25.1 Å². The van der Waals surface area contributed by atoms with Crippen molar-refractivity contribution in [3.8, 4) is 16.9 Å². The molecule has 0 amide bonds. The van der Waals surface area contributed by atoms with Crippen molar-refractivity contribution in [2.75, 3.05) is 7.11 Å². The van der Waals surface area contributed by atoms with Crippen LogP contribution in [0.3, 0.4) is 0 Å². The Morgan fingerprint density at radius 1 is 1.24 bits per heavy atom.